The zero-order valence-corrected chi connectivity index (χ0v) is 11.8. The zero-order valence-electron chi connectivity index (χ0n) is 11.8. The van der Waals surface area contributed by atoms with Gasteiger partial charge < -0.3 is 15.0 Å². The average molecular weight is 274 g/mol. The van der Waals surface area contributed by atoms with Gasteiger partial charge in [-0.1, -0.05) is 36.8 Å². The molecule has 2 fully saturated rings. The van der Waals surface area contributed by atoms with Gasteiger partial charge in [-0.05, 0) is 30.9 Å². The normalized spacial score (nSPS) is 19.3. The van der Waals surface area contributed by atoms with E-state index in [1.165, 1.54) is 19.3 Å². The van der Waals surface area contributed by atoms with Gasteiger partial charge in [-0.25, -0.2) is 4.79 Å². The first-order chi connectivity index (χ1) is 9.81. The van der Waals surface area contributed by atoms with Crippen molar-refractivity contribution in [2.75, 3.05) is 19.6 Å². The monoisotopic (exact) mass is 274 g/mol. The molecule has 0 atom stereocenters. The molecule has 0 radical (unpaired) electrons. The molecule has 1 aliphatic carbocycles. The van der Waals surface area contributed by atoms with E-state index in [9.17, 15) is 4.79 Å². The van der Waals surface area contributed by atoms with E-state index in [-0.39, 0.29) is 6.09 Å². The van der Waals surface area contributed by atoms with Crippen molar-refractivity contribution >= 4 is 6.09 Å². The number of likely N-dealkylation sites (tertiary alicyclic amines) is 1. The van der Waals surface area contributed by atoms with Crippen molar-refractivity contribution < 1.29 is 9.53 Å². The summed E-state index contributed by atoms with van der Waals surface area (Å²) in [7, 11) is 0. The smallest absolute Gasteiger partial charge is 0.410 e. The highest BCUT2D eigenvalue weighted by molar-refractivity contribution is 5.68. The Morgan fingerprint density at radius 3 is 2.65 bits per heavy atom. The summed E-state index contributed by atoms with van der Waals surface area (Å²) in [4.78, 5) is 13.6. The summed E-state index contributed by atoms with van der Waals surface area (Å²) >= 11 is 0. The first-order valence-corrected chi connectivity index (χ1v) is 7.50. The lowest BCUT2D eigenvalue weighted by Gasteiger charge is -2.40. The molecule has 0 aromatic heterocycles. The van der Waals surface area contributed by atoms with E-state index < -0.39 is 0 Å². The molecule has 4 heteroatoms. The van der Waals surface area contributed by atoms with E-state index >= 15 is 0 Å². The van der Waals surface area contributed by atoms with Gasteiger partial charge >= 0.3 is 6.09 Å². The summed E-state index contributed by atoms with van der Waals surface area (Å²) < 4.78 is 5.30. The fraction of sp³-hybridized carbons (Fsp3) is 0.562. The Kier molecular flexibility index (Phi) is 4.21. The highest BCUT2D eigenvalue weighted by atomic mass is 16.6. The second-order valence-corrected chi connectivity index (χ2v) is 5.85. The van der Waals surface area contributed by atoms with Crippen LogP contribution in [0.25, 0.3) is 0 Å². The molecule has 1 saturated heterocycles. The average Bonchev–Trinajstić information content (AvgIpc) is 2.38. The third-order valence-corrected chi connectivity index (χ3v) is 4.26. The Bertz CT molecular complexity index is 439. The van der Waals surface area contributed by atoms with Crippen LogP contribution in [0, 0.1) is 5.92 Å². The van der Waals surface area contributed by atoms with Crippen LogP contribution in [0.5, 0.6) is 0 Å². The number of rotatable bonds is 5. The van der Waals surface area contributed by atoms with Crippen LogP contribution in [-0.4, -0.2) is 36.7 Å². The minimum Gasteiger partial charge on any atom is -0.445 e. The van der Waals surface area contributed by atoms with Crippen LogP contribution in [0.3, 0.4) is 0 Å². The summed E-state index contributed by atoms with van der Waals surface area (Å²) in [6.07, 6.45) is 3.91. The lowest BCUT2D eigenvalue weighted by atomic mass is 9.85. The van der Waals surface area contributed by atoms with E-state index in [2.05, 4.69) is 5.32 Å². The highest BCUT2D eigenvalue weighted by Gasteiger charge is 2.32. The van der Waals surface area contributed by atoms with Gasteiger partial charge in [0.2, 0.25) is 0 Å². The zero-order chi connectivity index (χ0) is 13.8. The van der Waals surface area contributed by atoms with Gasteiger partial charge in [-0.3, -0.25) is 0 Å². The molecule has 20 heavy (non-hydrogen) atoms. The Balaban J connectivity index is 1.31. The van der Waals surface area contributed by atoms with Crippen LogP contribution in [0.1, 0.15) is 24.8 Å². The van der Waals surface area contributed by atoms with Crippen molar-refractivity contribution in [3.63, 3.8) is 0 Å². The maximum atomic E-state index is 11.8. The maximum Gasteiger partial charge on any atom is 0.410 e. The second kappa shape index (κ2) is 6.27. The lowest BCUT2D eigenvalue weighted by Crippen LogP contribution is -2.60. The molecule has 0 unspecified atom stereocenters. The molecule has 1 saturated carbocycles. The maximum absolute atomic E-state index is 11.8. The lowest BCUT2D eigenvalue weighted by molar-refractivity contribution is 0.0585. The topological polar surface area (TPSA) is 41.6 Å². The molecule has 1 aromatic carbocycles. The van der Waals surface area contributed by atoms with Gasteiger partial charge in [0.25, 0.3) is 0 Å². The first kappa shape index (κ1) is 13.4. The molecule has 1 heterocycles. The molecule has 2 aliphatic rings. The van der Waals surface area contributed by atoms with Gasteiger partial charge in [0.05, 0.1) is 0 Å². The second-order valence-electron chi connectivity index (χ2n) is 5.85. The first-order valence-electron chi connectivity index (χ1n) is 7.50. The SMILES string of the molecule is O=C(OCc1ccccc1)N1CC(NCC2CCC2)C1. The summed E-state index contributed by atoms with van der Waals surface area (Å²) in [5.41, 5.74) is 1.03. The molecule has 4 nitrogen and oxygen atoms in total. The summed E-state index contributed by atoms with van der Waals surface area (Å²) in [5.74, 6) is 0.870. The number of benzene rings is 1. The van der Waals surface area contributed by atoms with Gasteiger partial charge in [0, 0.05) is 19.1 Å². The number of hydrogen-bond acceptors (Lipinski definition) is 3. The highest BCUT2D eigenvalue weighted by Crippen LogP contribution is 2.25. The quantitative estimate of drug-likeness (QED) is 0.896. The van der Waals surface area contributed by atoms with E-state index in [0.717, 1.165) is 31.1 Å². The number of ether oxygens (including phenoxy) is 1. The fourth-order valence-corrected chi connectivity index (χ4v) is 2.60. The Hall–Kier alpha value is -1.55. The molecular weight excluding hydrogens is 252 g/mol. The van der Waals surface area contributed by atoms with Gasteiger partial charge in [-0.2, -0.15) is 0 Å². The van der Waals surface area contributed by atoms with E-state index in [0.29, 0.717) is 12.6 Å². The largest absolute Gasteiger partial charge is 0.445 e. The van der Waals surface area contributed by atoms with Gasteiger partial charge in [0.15, 0.2) is 0 Å². The number of nitrogens with zero attached hydrogens (tertiary/aromatic N) is 1. The summed E-state index contributed by atoms with van der Waals surface area (Å²) in [6, 6.07) is 10.2. The van der Waals surface area contributed by atoms with Crippen LogP contribution in [0.15, 0.2) is 30.3 Å². The Labute approximate surface area is 120 Å². The molecule has 1 aliphatic heterocycles. The van der Waals surface area contributed by atoms with Crippen LogP contribution in [0.2, 0.25) is 0 Å². The van der Waals surface area contributed by atoms with Crippen molar-refractivity contribution in [3.8, 4) is 0 Å². The summed E-state index contributed by atoms with van der Waals surface area (Å²) in [6.45, 7) is 3.02. The van der Waals surface area contributed by atoms with Crippen LogP contribution in [0.4, 0.5) is 4.79 Å². The Morgan fingerprint density at radius 2 is 2.00 bits per heavy atom. The molecule has 1 aromatic rings. The van der Waals surface area contributed by atoms with Crippen molar-refractivity contribution in [1.82, 2.24) is 10.2 Å². The van der Waals surface area contributed by atoms with Gasteiger partial charge in [0.1, 0.15) is 6.61 Å². The predicted octanol–water partition coefficient (Wildman–Crippen LogP) is 2.40. The van der Waals surface area contributed by atoms with Crippen LogP contribution in [-0.2, 0) is 11.3 Å². The fourth-order valence-electron chi connectivity index (χ4n) is 2.60. The number of amides is 1. The molecule has 0 spiro atoms. The van der Waals surface area contributed by atoms with Crippen molar-refractivity contribution in [1.29, 1.82) is 0 Å². The number of nitrogens with one attached hydrogen (secondary N) is 1. The van der Waals surface area contributed by atoms with Crippen LogP contribution < -0.4 is 5.32 Å². The minimum absolute atomic E-state index is 0.199. The van der Waals surface area contributed by atoms with Crippen molar-refractivity contribution in [3.05, 3.63) is 35.9 Å². The number of carbonyl (C=O) groups excluding carboxylic acids is 1. The third-order valence-electron chi connectivity index (χ3n) is 4.26. The van der Waals surface area contributed by atoms with E-state index in [1.807, 2.05) is 30.3 Å². The molecule has 108 valence electrons. The molecule has 0 bridgehead atoms. The summed E-state index contributed by atoms with van der Waals surface area (Å²) in [5, 5.41) is 3.53. The van der Waals surface area contributed by atoms with Crippen molar-refractivity contribution in [2.24, 2.45) is 5.92 Å². The molecule has 1 N–H and O–H groups in total. The standard InChI is InChI=1S/C16H22N2O2/c19-16(20-12-14-5-2-1-3-6-14)18-10-15(11-18)17-9-13-7-4-8-13/h1-3,5-6,13,15,17H,4,7-12H2. The van der Waals surface area contributed by atoms with Crippen LogP contribution >= 0.6 is 0 Å². The third kappa shape index (κ3) is 3.31. The van der Waals surface area contributed by atoms with E-state index in [1.54, 1.807) is 4.90 Å². The van der Waals surface area contributed by atoms with E-state index in [4.69, 9.17) is 4.74 Å². The molecule has 1 amide bonds. The van der Waals surface area contributed by atoms with Gasteiger partial charge in [-0.15, -0.1) is 0 Å². The predicted molar refractivity (Wildman–Crippen MR) is 77.3 cm³/mol. The molecular formula is C16H22N2O2. The minimum atomic E-state index is -0.199. The Morgan fingerprint density at radius 1 is 1.25 bits per heavy atom. The van der Waals surface area contributed by atoms with Crippen molar-refractivity contribution in [2.45, 2.75) is 31.9 Å². The molecule has 3 rings (SSSR count). The number of hydrogen-bond donors (Lipinski definition) is 1. The number of carbonyl (C=O) groups is 1.